The Morgan fingerprint density at radius 2 is 0.940 bits per heavy atom. The zero-order valence-corrected chi connectivity index (χ0v) is 27.7. The number of rotatable bonds is 5. The van der Waals surface area contributed by atoms with Gasteiger partial charge in [0.25, 0.3) is 0 Å². The van der Waals surface area contributed by atoms with Crippen LogP contribution in [0.2, 0.25) is 0 Å². The molecule has 0 bridgehead atoms. The van der Waals surface area contributed by atoms with Gasteiger partial charge < -0.3 is 4.42 Å². The summed E-state index contributed by atoms with van der Waals surface area (Å²) in [6, 6.07) is 59.8. The molecular formula is C46H28N2OS. The van der Waals surface area contributed by atoms with E-state index in [4.69, 9.17) is 14.4 Å². The van der Waals surface area contributed by atoms with Crippen LogP contribution in [0.3, 0.4) is 0 Å². The van der Waals surface area contributed by atoms with Crippen molar-refractivity contribution >= 4 is 54.1 Å². The molecule has 0 fully saturated rings. The van der Waals surface area contributed by atoms with Crippen molar-refractivity contribution in [3.8, 4) is 55.5 Å². The van der Waals surface area contributed by atoms with Crippen LogP contribution in [0.15, 0.2) is 174 Å². The van der Waals surface area contributed by atoms with E-state index in [0.29, 0.717) is 5.82 Å². The minimum Gasteiger partial charge on any atom is -0.456 e. The second-order valence-electron chi connectivity index (χ2n) is 12.6. The third kappa shape index (κ3) is 5.06. The summed E-state index contributed by atoms with van der Waals surface area (Å²) in [5.74, 6) is 0.676. The molecule has 0 aliphatic carbocycles. The van der Waals surface area contributed by atoms with Gasteiger partial charge in [-0.25, -0.2) is 9.97 Å². The Morgan fingerprint density at radius 3 is 1.66 bits per heavy atom. The molecule has 50 heavy (non-hydrogen) atoms. The summed E-state index contributed by atoms with van der Waals surface area (Å²) in [5.41, 5.74) is 10.1. The van der Waals surface area contributed by atoms with Crippen molar-refractivity contribution < 1.29 is 4.42 Å². The average Bonchev–Trinajstić information content (AvgIpc) is 3.78. The molecule has 0 aliphatic heterocycles. The fourth-order valence-corrected chi connectivity index (χ4v) is 7.94. The summed E-state index contributed by atoms with van der Waals surface area (Å²) >= 11 is 1.82. The highest BCUT2D eigenvalue weighted by molar-refractivity contribution is 7.22. The number of aromatic nitrogens is 2. The topological polar surface area (TPSA) is 38.9 Å². The van der Waals surface area contributed by atoms with Crippen LogP contribution in [0.1, 0.15) is 0 Å². The van der Waals surface area contributed by atoms with E-state index in [1.165, 1.54) is 37.0 Å². The highest BCUT2D eigenvalue weighted by atomic mass is 32.1. The molecule has 0 spiro atoms. The second kappa shape index (κ2) is 11.7. The van der Waals surface area contributed by atoms with Gasteiger partial charge in [0.05, 0.1) is 11.4 Å². The Hall–Kier alpha value is -6.36. The van der Waals surface area contributed by atoms with Crippen molar-refractivity contribution in [3.05, 3.63) is 170 Å². The van der Waals surface area contributed by atoms with Gasteiger partial charge in [0, 0.05) is 37.0 Å². The number of nitrogens with zero attached hydrogens (tertiary/aromatic N) is 2. The predicted molar refractivity (Wildman–Crippen MR) is 209 cm³/mol. The van der Waals surface area contributed by atoms with Gasteiger partial charge in [0.1, 0.15) is 11.2 Å². The number of hydrogen-bond donors (Lipinski definition) is 0. The van der Waals surface area contributed by atoms with Crippen LogP contribution in [0.25, 0.3) is 98.3 Å². The Bertz CT molecular complexity index is 2820. The average molecular weight is 657 g/mol. The zero-order valence-electron chi connectivity index (χ0n) is 26.9. The molecule has 10 rings (SSSR count). The molecule has 0 unspecified atom stereocenters. The molecule has 0 aliphatic rings. The molecule has 3 aromatic heterocycles. The Morgan fingerprint density at radius 1 is 0.380 bits per heavy atom. The summed E-state index contributed by atoms with van der Waals surface area (Å²) in [6.07, 6.45) is 0. The van der Waals surface area contributed by atoms with Crippen LogP contribution in [-0.2, 0) is 0 Å². The van der Waals surface area contributed by atoms with E-state index in [2.05, 4.69) is 158 Å². The minimum absolute atomic E-state index is 0.676. The van der Waals surface area contributed by atoms with Gasteiger partial charge in [-0.3, -0.25) is 0 Å². The molecule has 0 N–H and O–H groups in total. The van der Waals surface area contributed by atoms with Gasteiger partial charge in [-0.2, -0.15) is 0 Å². The lowest BCUT2D eigenvalue weighted by Crippen LogP contribution is -1.96. The predicted octanol–water partition coefficient (Wildman–Crippen LogP) is 13.1. The lowest BCUT2D eigenvalue weighted by atomic mass is 10.0. The summed E-state index contributed by atoms with van der Waals surface area (Å²) < 4.78 is 7.61. The summed E-state index contributed by atoms with van der Waals surface area (Å²) in [5, 5.41) is 5.77. The van der Waals surface area contributed by atoms with Crippen molar-refractivity contribution in [1.82, 2.24) is 9.97 Å². The highest BCUT2D eigenvalue weighted by Crippen LogP contribution is 2.37. The molecule has 3 nitrogen and oxygen atoms in total. The monoisotopic (exact) mass is 656 g/mol. The van der Waals surface area contributed by atoms with Crippen LogP contribution in [0, 0.1) is 0 Å². The Labute approximate surface area is 292 Å². The molecule has 10 aromatic rings. The molecule has 4 heteroatoms. The second-order valence-corrected chi connectivity index (χ2v) is 13.7. The quantitative estimate of drug-likeness (QED) is 0.185. The lowest BCUT2D eigenvalue weighted by molar-refractivity contribution is 0.669. The largest absolute Gasteiger partial charge is 0.456 e. The van der Waals surface area contributed by atoms with Crippen molar-refractivity contribution in [2.45, 2.75) is 0 Å². The number of furan rings is 1. The molecule has 0 amide bonds. The van der Waals surface area contributed by atoms with Gasteiger partial charge in [-0.1, -0.05) is 121 Å². The number of benzene rings is 7. The first kappa shape index (κ1) is 28.6. The number of fused-ring (bicyclic) bond motifs is 5. The highest BCUT2D eigenvalue weighted by Gasteiger charge is 2.15. The van der Waals surface area contributed by atoms with Crippen LogP contribution in [0.5, 0.6) is 0 Å². The summed E-state index contributed by atoms with van der Waals surface area (Å²) in [6.45, 7) is 0. The molecule has 0 saturated carbocycles. The molecule has 7 aromatic carbocycles. The zero-order chi connectivity index (χ0) is 33.0. The third-order valence-corrected chi connectivity index (χ3v) is 10.7. The van der Waals surface area contributed by atoms with Crippen LogP contribution >= 0.6 is 11.3 Å². The van der Waals surface area contributed by atoms with E-state index in [1.54, 1.807) is 0 Å². The van der Waals surface area contributed by atoms with Crippen molar-refractivity contribution in [3.63, 3.8) is 0 Å². The normalized spacial score (nSPS) is 11.6. The number of hydrogen-bond acceptors (Lipinski definition) is 4. The van der Waals surface area contributed by atoms with E-state index < -0.39 is 0 Å². The minimum atomic E-state index is 0.676. The number of thiophene rings is 1. The lowest BCUT2D eigenvalue weighted by Gasteiger charge is -2.11. The Balaban J connectivity index is 1.09. The van der Waals surface area contributed by atoms with Gasteiger partial charge in [-0.05, 0) is 81.4 Å². The van der Waals surface area contributed by atoms with Crippen LogP contribution < -0.4 is 0 Å². The smallest absolute Gasteiger partial charge is 0.160 e. The van der Waals surface area contributed by atoms with Crippen LogP contribution in [-0.4, -0.2) is 9.97 Å². The fourth-order valence-electron chi connectivity index (χ4n) is 6.87. The van der Waals surface area contributed by atoms with E-state index in [1.807, 2.05) is 23.5 Å². The van der Waals surface area contributed by atoms with E-state index in [-0.39, 0.29) is 0 Å². The van der Waals surface area contributed by atoms with Gasteiger partial charge >= 0.3 is 0 Å². The van der Waals surface area contributed by atoms with Gasteiger partial charge in [0.15, 0.2) is 5.82 Å². The van der Waals surface area contributed by atoms with E-state index in [9.17, 15) is 0 Å². The SMILES string of the molecule is c1ccc(-c2ccc(-c3cc(-c4ccc(-c5cc6ccccc6s5)cc4)nc(-c4ccc5oc6cc7ccccc7cc6c5c4)n3)cc2)cc1. The van der Waals surface area contributed by atoms with Crippen molar-refractivity contribution in [2.75, 3.05) is 0 Å². The fraction of sp³-hybridized carbons (Fsp3) is 0. The maximum absolute atomic E-state index is 6.31. The molecule has 0 radical (unpaired) electrons. The third-order valence-electron chi connectivity index (χ3n) is 9.50. The van der Waals surface area contributed by atoms with Crippen LogP contribution in [0.4, 0.5) is 0 Å². The summed E-state index contributed by atoms with van der Waals surface area (Å²) in [7, 11) is 0. The first-order valence-corrected chi connectivity index (χ1v) is 17.5. The Kier molecular flexibility index (Phi) is 6.68. The maximum atomic E-state index is 6.31. The van der Waals surface area contributed by atoms with Gasteiger partial charge in [0.2, 0.25) is 0 Å². The standard InChI is InChI=1S/C46H28N2OS/c1-2-8-29(9-3-1)30-14-16-31(17-15-30)40-28-41(32-18-20-33(21-19-32)45-27-36-12-6-7-13-44(36)50-45)48-46(47-40)37-22-23-42-38(25-37)39-24-34-10-4-5-11-35(34)26-43(39)49-42/h1-28H. The van der Waals surface area contributed by atoms with Crippen molar-refractivity contribution in [2.24, 2.45) is 0 Å². The van der Waals surface area contributed by atoms with Gasteiger partial charge in [-0.15, -0.1) is 11.3 Å². The molecule has 234 valence electrons. The molecule has 0 saturated heterocycles. The molecule has 0 atom stereocenters. The first-order valence-electron chi connectivity index (χ1n) is 16.7. The first-order chi connectivity index (χ1) is 24.7. The van der Waals surface area contributed by atoms with E-state index >= 15 is 0 Å². The van der Waals surface area contributed by atoms with E-state index in [0.717, 1.165) is 55.4 Å². The molecule has 3 heterocycles. The summed E-state index contributed by atoms with van der Waals surface area (Å²) in [4.78, 5) is 11.6. The van der Waals surface area contributed by atoms with Crippen molar-refractivity contribution in [1.29, 1.82) is 0 Å². The molecular weight excluding hydrogens is 629 g/mol. The maximum Gasteiger partial charge on any atom is 0.160 e.